The minimum Gasteiger partial charge on any atom is -0.378 e. The van der Waals surface area contributed by atoms with Gasteiger partial charge in [-0.15, -0.1) is 12.4 Å². The van der Waals surface area contributed by atoms with Crippen LogP contribution in [0.4, 0.5) is 0 Å². The van der Waals surface area contributed by atoms with Gasteiger partial charge >= 0.3 is 0 Å². The third-order valence-electron chi connectivity index (χ3n) is 2.93. The molecule has 0 bridgehead atoms. The van der Waals surface area contributed by atoms with Gasteiger partial charge in [-0.25, -0.2) is 0 Å². The van der Waals surface area contributed by atoms with E-state index in [1.807, 2.05) is 0 Å². The fourth-order valence-corrected chi connectivity index (χ4v) is 1.84. The molecule has 15 heavy (non-hydrogen) atoms. The van der Waals surface area contributed by atoms with Gasteiger partial charge in [0.15, 0.2) is 0 Å². The molecule has 3 N–H and O–H groups in total. The number of hydrogen-bond acceptors (Lipinski definition) is 4. The molecule has 0 aromatic carbocycles. The van der Waals surface area contributed by atoms with Crippen LogP contribution in [0.15, 0.2) is 0 Å². The molecule has 3 atom stereocenters. The Kier molecular flexibility index (Phi) is 4.79. The van der Waals surface area contributed by atoms with Crippen molar-refractivity contribution in [1.29, 1.82) is 0 Å². The molecule has 0 saturated carbocycles. The molecular weight excluding hydrogens is 218 g/mol. The molecule has 2 fully saturated rings. The van der Waals surface area contributed by atoms with Gasteiger partial charge in [0.05, 0.1) is 18.2 Å². The number of rotatable bonds is 3. The molecule has 0 radical (unpaired) electrons. The van der Waals surface area contributed by atoms with Crippen LogP contribution >= 0.6 is 12.4 Å². The monoisotopic (exact) mass is 235 g/mol. The van der Waals surface area contributed by atoms with Gasteiger partial charge in [-0.05, 0) is 13.0 Å². The van der Waals surface area contributed by atoms with Crippen molar-refractivity contribution >= 4 is 18.3 Å². The summed E-state index contributed by atoms with van der Waals surface area (Å²) in [5.41, 5.74) is 0. The van der Waals surface area contributed by atoms with Gasteiger partial charge in [0.25, 0.3) is 0 Å². The van der Waals surface area contributed by atoms with Crippen molar-refractivity contribution in [3.8, 4) is 0 Å². The van der Waals surface area contributed by atoms with Crippen LogP contribution in [0.3, 0.4) is 0 Å². The Hall–Kier alpha value is -0.360. The molecule has 0 aliphatic carbocycles. The van der Waals surface area contributed by atoms with E-state index in [0.717, 1.165) is 26.1 Å². The molecule has 2 heterocycles. The predicted molar refractivity (Wildman–Crippen MR) is 59.3 cm³/mol. The maximum atomic E-state index is 11.6. The summed E-state index contributed by atoms with van der Waals surface area (Å²) in [5.74, 6) is 0.104. The van der Waals surface area contributed by atoms with E-state index in [-0.39, 0.29) is 36.5 Å². The topological polar surface area (TPSA) is 62.4 Å². The lowest BCUT2D eigenvalue weighted by atomic mass is 10.1. The lowest BCUT2D eigenvalue weighted by molar-refractivity contribution is -0.126. The van der Waals surface area contributed by atoms with Gasteiger partial charge < -0.3 is 20.7 Å². The fourth-order valence-electron chi connectivity index (χ4n) is 1.84. The molecule has 2 saturated heterocycles. The quantitative estimate of drug-likeness (QED) is 0.580. The maximum absolute atomic E-state index is 11.6. The Morgan fingerprint density at radius 1 is 1.47 bits per heavy atom. The molecule has 88 valence electrons. The third-order valence-corrected chi connectivity index (χ3v) is 2.93. The van der Waals surface area contributed by atoms with Crippen LogP contribution in [0, 0.1) is 0 Å². The highest BCUT2D eigenvalue weighted by atomic mass is 35.5. The normalized spacial score (nSPS) is 34.1. The summed E-state index contributed by atoms with van der Waals surface area (Å²) in [6.45, 7) is 2.57. The van der Waals surface area contributed by atoms with Gasteiger partial charge in [-0.1, -0.05) is 0 Å². The van der Waals surface area contributed by atoms with Crippen molar-refractivity contribution in [3.05, 3.63) is 0 Å². The molecule has 2 rings (SSSR count). The van der Waals surface area contributed by atoms with Gasteiger partial charge in [0, 0.05) is 20.2 Å². The van der Waals surface area contributed by atoms with Crippen molar-refractivity contribution in [1.82, 2.24) is 16.0 Å². The number of nitrogens with one attached hydrogen (secondary N) is 3. The number of hydrogen-bond donors (Lipinski definition) is 3. The van der Waals surface area contributed by atoms with Crippen molar-refractivity contribution in [2.24, 2.45) is 0 Å². The summed E-state index contributed by atoms with van der Waals surface area (Å²) < 4.78 is 5.26. The van der Waals surface area contributed by atoms with Gasteiger partial charge in [-0.2, -0.15) is 0 Å². The Bertz CT molecular complexity index is 223. The summed E-state index contributed by atoms with van der Waals surface area (Å²) in [6.07, 6.45) is 1.06. The molecule has 2 aliphatic rings. The summed E-state index contributed by atoms with van der Waals surface area (Å²) in [6, 6.07) is 0.142. The van der Waals surface area contributed by atoms with E-state index in [0.29, 0.717) is 0 Å². The third kappa shape index (κ3) is 2.81. The molecule has 1 unspecified atom stereocenters. The first-order valence-corrected chi connectivity index (χ1v) is 5.08. The summed E-state index contributed by atoms with van der Waals surface area (Å²) in [7, 11) is 1.68. The minimum absolute atomic E-state index is 0. The van der Waals surface area contributed by atoms with E-state index in [1.165, 1.54) is 0 Å². The summed E-state index contributed by atoms with van der Waals surface area (Å²) in [4.78, 5) is 11.6. The Morgan fingerprint density at radius 2 is 2.20 bits per heavy atom. The number of methoxy groups -OCH3 is 1. The smallest absolute Gasteiger partial charge is 0.237 e. The number of carbonyl (C=O) groups is 1. The lowest BCUT2D eigenvalue weighted by Gasteiger charge is -2.28. The summed E-state index contributed by atoms with van der Waals surface area (Å²) >= 11 is 0. The maximum Gasteiger partial charge on any atom is 0.237 e. The van der Waals surface area contributed by atoms with Gasteiger partial charge in [0.2, 0.25) is 5.91 Å². The second-order valence-electron chi connectivity index (χ2n) is 3.84. The number of ether oxygens (including phenoxy) is 1. The molecule has 2 aliphatic heterocycles. The highest BCUT2D eigenvalue weighted by molar-refractivity contribution is 5.85. The fraction of sp³-hybridized carbons (Fsp3) is 0.889. The van der Waals surface area contributed by atoms with Crippen molar-refractivity contribution in [3.63, 3.8) is 0 Å². The minimum atomic E-state index is 0. The molecule has 0 aromatic rings. The number of halogens is 1. The lowest BCUT2D eigenvalue weighted by Crippen LogP contribution is -2.57. The Labute approximate surface area is 95.7 Å². The molecule has 0 spiro atoms. The second kappa shape index (κ2) is 5.65. The van der Waals surface area contributed by atoms with E-state index < -0.39 is 0 Å². The first-order valence-electron chi connectivity index (χ1n) is 5.08. The molecule has 1 amide bonds. The van der Waals surface area contributed by atoms with Crippen molar-refractivity contribution in [2.75, 3.05) is 26.7 Å². The first-order chi connectivity index (χ1) is 6.81. The van der Waals surface area contributed by atoms with Crippen molar-refractivity contribution < 1.29 is 9.53 Å². The van der Waals surface area contributed by atoms with E-state index in [4.69, 9.17) is 4.74 Å². The number of amides is 1. The van der Waals surface area contributed by atoms with Crippen LogP contribution in [0.25, 0.3) is 0 Å². The van der Waals surface area contributed by atoms with Crippen molar-refractivity contribution in [2.45, 2.75) is 24.6 Å². The zero-order valence-electron chi connectivity index (χ0n) is 8.79. The van der Waals surface area contributed by atoms with Gasteiger partial charge in [0.1, 0.15) is 0 Å². The van der Waals surface area contributed by atoms with Crippen LogP contribution in [0.2, 0.25) is 0 Å². The average Bonchev–Trinajstić information content (AvgIpc) is 2.48. The standard InChI is InChI=1S/C9H17N3O2.ClH/c1-14-8-5-10-4-7(8)12-9(13)6-2-3-11-6;/h6-8,10-11H,2-5H2,1H3,(H,12,13);1H/t6-,7?,8+;/m1./s1. The molecule has 5 nitrogen and oxygen atoms in total. The Balaban J connectivity index is 0.00000112. The zero-order chi connectivity index (χ0) is 9.97. The van der Waals surface area contributed by atoms with Crippen LogP contribution in [-0.4, -0.2) is 50.8 Å². The highest BCUT2D eigenvalue weighted by Gasteiger charge is 2.32. The Morgan fingerprint density at radius 3 is 2.73 bits per heavy atom. The number of carbonyl (C=O) groups excluding carboxylic acids is 1. The molecular formula is C9H18ClN3O2. The van der Waals surface area contributed by atoms with Crippen LogP contribution in [-0.2, 0) is 9.53 Å². The SMILES string of the molecule is CO[C@H]1CNCC1NC(=O)[C@H]1CCN1.Cl. The van der Waals surface area contributed by atoms with Crippen LogP contribution < -0.4 is 16.0 Å². The van der Waals surface area contributed by atoms with Crippen LogP contribution in [0.5, 0.6) is 0 Å². The second-order valence-corrected chi connectivity index (χ2v) is 3.84. The van der Waals surface area contributed by atoms with E-state index in [9.17, 15) is 4.79 Å². The molecule has 6 heteroatoms. The summed E-state index contributed by atoms with van der Waals surface area (Å²) in [5, 5.41) is 9.27. The van der Waals surface area contributed by atoms with E-state index >= 15 is 0 Å². The van der Waals surface area contributed by atoms with Gasteiger partial charge in [-0.3, -0.25) is 4.79 Å². The highest BCUT2D eigenvalue weighted by Crippen LogP contribution is 2.06. The van der Waals surface area contributed by atoms with Crippen LogP contribution in [0.1, 0.15) is 6.42 Å². The largest absolute Gasteiger partial charge is 0.378 e. The predicted octanol–water partition coefficient (Wildman–Crippen LogP) is -1.13. The average molecular weight is 236 g/mol. The first kappa shape index (κ1) is 12.7. The van der Waals surface area contributed by atoms with E-state index in [2.05, 4.69) is 16.0 Å². The zero-order valence-corrected chi connectivity index (χ0v) is 9.60. The molecule has 0 aromatic heterocycles. The van der Waals surface area contributed by atoms with E-state index in [1.54, 1.807) is 7.11 Å².